The number of nitrogens with one attached hydrogen (secondary N) is 1. The lowest BCUT2D eigenvalue weighted by Gasteiger charge is -2.00. The van der Waals surface area contributed by atoms with E-state index in [1.165, 1.54) is 13.0 Å². The van der Waals surface area contributed by atoms with E-state index in [2.05, 4.69) is 4.98 Å². The Balaban J connectivity index is 3.28. The zero-order chi connectivity index (χ0) is 14.6. The molecule has 19 heavy (non-hydrogen) atoms. The summed E-state index contributed by atoms with van der Waals surface area (Å²) in [6.45, 7) is 3.29. The van der Waals surface area contributed by atoms with Crippen LogP contribution in [-0.4, -0.2) is 33.7 Å². The summed E-state index contributed by atoms with van der Waals surface area (Å²) in [5.74, 6) is -2.58. The maximum atomic E-state index is 11.6. The molecule has 0 atom stereocenters. The second-order valence-corrected chi connectivity index (χ2v) is 3.58. The first-order valence-corrected chi connectivity index (χ1v) is 5.36. The fourth-order valence-electron chi connectivity index (χ4n) is 1.48. The first-order valence-electron chi connectivity index (χ1n) is 5.36. The Bertz CT molecular complexity index is 592. The fraction of sp³-hybridized carbons (Fsp3) is 0.250. The van der Waals surface area contributed by atoms with Crippen LogP contribution in [-0.2, 0) is 9.53 Å². The Labute approximate surface area is 108 Å². The van der Waals surface area contributed by atoms with Gasteiger partial charge in [-0.15, -0.1) is 0 Å². The Hall–Kier alpha value is -2.75. The van der Waals surface area contributed by atoms with E-state index in [9.17, 15) is 14.7 Å². The zero-order valence-corrected chi connectivity index (χ0v) is 10.4. The third kappa shape index (κ3) is 2.93. The summed E-state index contributed by atoms with van der Waals surface area (Å²) in [5, 5.41) is 27.2. The summed E-state index contributed by atoms with van der Waals surface area (Å²) in [7, 11) is 0. The van der Waals surface area contributed by atoms with Crippen LogP contribution in [0.2, 0.25) is 0 Å². The summed E-state index contributed by atoms with van der Waals surface area (Å²) in [4.78, 5) is 24.9. The maximum absolute atomic E-state index is 11.6. The van der Waals surface area contributed by atoms with Crippen LogP contribution >= 0.6 is 0 Å². The molecule has 7 heteroatoms. The number of carboxylic acid groups (broad SMARTS) is 1. The number of aromatic amines is 1. The van der Waals surface area contributed by atoms with E-state index in [0.717, 1.165) is 6.08 Å². The third-order valence-electron chi connectivity index (χ3n) is 2.31. The van der Waals surface area contributed by atoms with Gasteiger partial charge < -0.3 is 19.9 Å². The van der Waals surface area contributed by atoms with Gasteiger partial charge in [0.15, 0.2) is 5.75 Å². The molecule has 1 aromatic rings. The molecule has 3 N–H and O–H groups in total. The van der Waals surface area contributed by atoms with Gasteiger partial charge in [-0.05, 0) is 19.9 Å². The molecule has 0 saturated carbocycles. The number of aromatic hydroxyl groups is 1. The van der Waals surface area contributed by atoms with Gasteiger partial charge in [0, 0.05) is 5.69 Å². The van der Waals surface area contributed by atoms with E-state index in [1.54, 1.807) is 6.92 Å². The number of carbonyl (C=O) groups is 2. The zero-order valence-electron chi connectivity index (χ0n) is 10.4. The molecule has 0 amide bonds. The first kappa shape index (κ1) is 14.3. The fourth-order valence-corrected chi connectivity index (χ4v) is 1.48. The molecule has 1 heterocycles. The molecule has 0 spiro atoms. The van der Waals surface area contributed by atoms with E-state index in [1.807, 2.05) is 0 Å². The van der Waals surface area contributed by atoms with Crippen molar-refractivity contribution in [2.75, 3.05) is 6.61 Å². The Morgan fingerprint density at radius 2 is 2.16 bits per heavy atom. The molecular weight excluding hydrogens is 252 g/mol. The quantitative estimate of drug-likeness (QED) is 0.426. The van der Waals surface area contributed by atoms with Crippen molar-refractivity contribution in [1.82, 2.24) is 4.98 Å². The molecule has 1 rings (SSSR count). The molecule has 100 valence electrons. The minimum Gasteiger partial charge on any atom is -0.505 e. The van der Waals surface area contributed by atoms with Gasteiger partial charge >= 0.3 is 11.9 Å². The number of carboxylic acids is 1. The van der Waals surface area contributed by atoms with Gasteiger partial charge in [-0.1, -0.05) is 0 Å². The molecule has 0 radical (unpaired) electrons. The van der Waals surface area contributed by atoms with Crippen molar-refractivity contribution in [1.29, 1.82) is 5.26 Å². The Morgan fingerprint density at radius 3 is 2.63 bits per heavy atom. The van der Waals surface area contributed by atoms with Crippen LogP contribution in [0, 0.1) is 18.3 Å². The van der Waals surface area contributed by atoms with Crippen LogP contribution in [0.15, 0.2) is 5.57 Å². The lowest BCUT2D eigenvalue weighted by Crippen LogP contribution is -2.05. The monoisotopic (exact) mass is 264 g/mol. The van der Waals surface area contributed by atoms with Gasteiger partial charge in [0.05, 0.1) is 12.3 Å². The highest BCUT2D eigenvalue weighted by molar-refractivity contribution is 5.99. The molecule has 0 aliphatic rings. The van der Waals surface area contributed by atoms with Gasteiger partial charge in [-0.2, -0.15) is 5.26 Å². The summed E-state index contributed by atoms with van der Waals surface area (Å²) in [6.07, 6.45) is 0.952. The number of H-pyrrole nitrogens is 1. The molecule has 0 aliphatic heterocycles. The smallest absolute Gasteiger partial charge is 0.346 e. The number of rotatable bonds is 4. The van der Waals surface area contributed by atoms with Gasteiger partial charge in [0.2, 0.25) is 0 Å². The molecule has 0 aliphatic carbocycles. The van der Waals surface area contributed by atoms with Crippen molar-refractivity contribution in [2.24, 2.45) is 0 Å². The van der Waals surface area contributed by atoms with Gasteiger partial charge in [0.1, 0.15) is 17.2 Å². The second-order valence-electron chi connectivity index (χ2n) is 3.58. The highest BCUT2D eigenvalue weighted by atomic mass is 16.5. The third-order valence-corrected chi connectivity index (χ3v) is 2.31. The van der Waals surface area contributed by atoms with Crippen LogP contribution in [0.3, 0.4) is 0 Å². The lowest BCUT2D eigenvalue weighted by molar-refractivity contribution is -0.132. The van der Waals surface area contributed by atoms with Crippen molar-refractivity contribution in [3.8, 4) is 11.8 Å². The van der Waals surface area contributed by atoms with Gasteiger partial charge in [-0.25, -0.2) is 9.59 Å². The van der Waals surface area contributed by atoms with E-state index in [0.29, 0.717) is 5.69 Å². The van der Waals surface area contributed by atoms with Crippen LogP contribution < -0.4 is 0 Å². The van der Waals surface area contributed by atoms with Crippen LogP contribution in [0.1, 0.15) is 28.7 Å². The Morgan fingerprint density at radius 1 is 1.53 bits per heavy atom. The number of aromatic nitrogens is 1. The van der Waals surface area contributed by atoms with E-state index in [-0.39, 0.29) is 17.9 Å². The number of esters is 1. The molecule has 0 aromatic carbocycles. The van der Waals surface area contributed by atoms with Gasteiger partial charge in [0.25, 0.3) is 0 Å². The minimum atomic E-state index is -1.42. The molecular formula is C12H12N2O5. The summed E-state index contributed by atoms with van der Waals surface area (Å²) in [5.41, 5.74) is -0.341. The van der Waals surface area contributed by atoms with Crippen LogP contribution in [0.5, 0.6) is 5.75 Å². The van der Waals surface area contributed by atoms with E-state index < -0.39 is 23.3 Å². The second kappa shape index (κ2) is 5.73. The number of aryl methyl sites for hydroxylation is 1. The summed E-state index contributed by atoms with van der Waals surface area (Å²) < 4.78 is 4.76. The molecule has 7 nitrogen and oxygen atoms in total. The average Bonchev–Trinajstić information content (AvgIpc) is 2.61. The van der Waals surface area contributed by atoms with Crippen molar-refractivity contribution in [3.05, 3.63) is 22.5 Å². The van der Waals surface area contributed by atoms with Crippen LogP contribution in [0.25, 0.3) is 6.08 Å². The lowest BCUT2D eigenvalue weighted by atomic mass is 10.2. The average molecular weight is 264 g/mol. The standard InChI is InChI=1S/C12H12N2O5/c1-3-19-12(18)9-6(2)14-8(10(9)15)4-7(5-13)11(16)17/h4,14-15H,3H2,1-2H3,(H,16,17)/b7-4+. The van der Waals surface area contributed by atoms with Crippen molar-refractivity contribution in [3.63, 3.8) is 0 Å². The predicted molar refractivity (Wildman–Crippen MR) is 64.4 cm³/mol. The summed E-state index contributed by atoms with van der Waals surface area (Å²) >= 11 is 0. The van der Waals surface area contributed by atoms with E-state index in [4.69, 9.17) is 15.1 Å². The van der Waals surface area contributed by atoms with Crippen molar-refractivity contribution in [2.45, 2.75) is 13.8 Å². The number of nitriles is 1. The largest absolute Gasteiger partial charge is 0.505 e. The Kier molecular flexibility index (Phi) is 4.32. The van der Waals surface area contributed by atoms with Crippen molar-refractivity contribution < 1.29 is 24.5 Å². The summed E-state index contributed by atoms with van der Waals surface area (Å²) in [6, 6.07) is 1.47. The predicted octanol–water partition coefficient (Wildman–Crippen LogP) is 1.20. The normalized spacial score (nSPS) is 10.9. The number of aliphatic carboxylic acids is 1. The van der Waals surface area contributed by atoms with Crippen LogP contribution in [0.4, 0.5) is 0 Å². The first-order chi connectivity index (χ1) is 8.92. The van der Waals surface area contributed by atoms with Gasteiger partial charge in [-0.3, -0.25) is 0 Å². The SMILES string of the molecule is CCOC(=O)c1c(C)[nH]c(/C=C(\C#N)C(=O)O)c1O. The van der Waals surface area contributed by atoms with Crippen molar-refractivity contribution >= 4 is 18.0 Å². The highest BCUT2D eigenvalue weighted by Crippen LogP contribution is 2.28. The molecule has 0 bridgehead atoms. The topological polar surface area (TPSA) is 123 Å². The number of nitrogens with zero attached hydrogens (tertiary/aromatic N) is 1. The number of carbonyl (C=O) groups excluding carboxylic acids is 1. The molecule has 0 fully saturated rings. The minimum absolute atomic E-state index is 0.0282. The number of hydrogen-bond donors (Lipinski definition) is 3. The number of ether oxygens (including phenoxy) is 1. The maximum Gasteiger partial charge on any atom is 0.346 e. The molecule has 1 aromatic heterocycles. The van der Waals surface area contributed by atoms with E-state index >= 15 is 0 Å². The highest BCUT2D eigenvalue weighted by Gasteiger charge is 2.21. The number of hydrogen-bond acceptors (Lipinski definition) is 5. The molecule has 0 unspecified atom stereocenters. The molecule has 0 saturated heterocycles.